The molecule has 0 saturated heterocycles. The highest BCUT2D eigenvalue weighted by Gasteiger charge is 2.31. The van der Waals surface area contributed by atoms with Gasteiger partial charge in [-0.2, -0.15) is 0 Å². The lowest BCUT2D eigenvalue weighted by Crippen LogP contribution is -2.25. The average molecular weight is 510 g/mol. The molecule has 178 valence electrons. The van der Waals surface area contributed by atoms with Crippen molar-refractivity contribution >= 4 is 52.5 Å². The van der Waals surface area contributed by atoms with E-state index in [9.17, 15) is 9.59 Å². The van der Waals surface area contributed by atoms with Crippen LogP contribution in [0.3, 0.4) is 0 Å². The van der Waals surface area contributed by atoms with Crippen molar-refractivity contribution in [1.29, 1.82) is 0 Å². The van der Waals surface area contributed by atoms with Crippen LogP contribution in [0, 0.1) is 0 Å². The highest BCUT2D eigenvalue weighted by Crippen LogP contribution is 2.38. The van der Waals surface area contributed by atoms with Gasteiger partial charge >= 0.3 is 5.97 Å². The third kappa shape index (κ3) is 4.90. The number of carbonyl (C=O) groups is 2. The molecule has 1 heterocycles. The van der Waals surface area contributed by atoms with Crippen molar-refractivity contribution in [2.24, 2.45) is 0 Å². The molecule has 3 aromatic carbocycles. The fourth-order valence-corrected chi connectivity index (χ4v) is 4.12. The molecule has 0 bridgehead atoms. The van der Waals surface area contributed by atoms with Crippen molar-refractivity contribution in [3.8, 4) is 11.5 Å². The van der Waals surface area contributed by atoms with Crippen molar-refractivity contribution in [2.45, 2.75) is 0 Å². The van der Waals surface area contributed by atoms with Crippen molar-refractivity contribution in [3.63, 3.8) is 0 Å². The number of anilines is 1. The van der Waals surface area contributed by atoms with E-state index in [0.29, 0.717) is 33.5 Å². The molecule has 4 rings (SSSR count). The molecule has 0 saturated carbocycles. The van der Waals surface area contributed by atoms with Crippen molar-refractivity contribution < 1.29 is 23.8 Å². The minimum atomic E-state index is -0.559. The van der Waals surface area contributed by atoms with Gasteiger partial charge in [0, 0.05) is 10.6 Å². The smallest absolute Gasteiger partial charge is 0.339 e. The van der Waals surface area contributed by atoms with Crippen LogP contribution in [0.15, 0.2) is 72.3 Å². The zero-order valence-corrected chi connectivity index (χ0v) is 20.7. The van der Waals surface area contributed by atoms with Crippen LogP contribution in [0.2, 0.25) is 10.0 Å². The lowest BCUT2D eigenvalue weighted by Gasteiger charge is -2.21. The molecule has 0 spiro atoms. The van der Waals surface area contributed by atoms with Crippen LogP contribution in [0.5, 0.6) is 11.5 Å². The molecule has 35 heavy (non-hydrogen) atoms. The van der Waals surface area contributed by atoms with Gasteiger partial charge in [0.05, 0.1) is 43.3 Å². The fourth-order valence-electron chi connectivity index (χ4n) is 3.75. The Hall–Kier alpha value is -3.74. The lowest BCUT2D eigenvalue weighted by atomic mass is 10.1. The Labute approximate surface area is 212 Å². The Morgan fingerprint density at radius 2 is 1.60 bits per heavy atom. The van der Waals surface area contributed by atoms with E-state index in [1.807, 2.05) is 18.2 Å². The van der Waals surface area contributed by atoms with E-state index >= 15 is 0 Å². The van der Waals surface area contributed by atoms with E-state index < -0.39 is 5.97 Å². The number of halogens is 2. The third-order valence-electron chi connectivity index (χ3n) is 5.47. The Kier molecular flexibility index (Phi) is 7.15. The second-order valence-corrected chi connectivity index (χ2v) is 8.39. The topological polar surface area (TPSA) is 65.1 Å². The monoisotopic (exact) mass is 509 g/mol. The summed E-state index contributed by atoms with van der Waals surface area (Å²) in [5.41, 5.74) is 3.35. The van der Waals surface area contributed by atoms with Gasteiger partial charge in [0.15, 0.2) is 11.5 Å². The summed E-state index contributed by atoms with van der Waals surface area (Å²) in [6.07, 6.45) is 3.56. The number of nitrogens with zero attached hydrogens (tertiary/aromatic N) is 1. The quantitative estimate of drug-likeness (QED) is 0.289. The third-order valence-corrected chi connectivity index (χ3v) is 6.03. The molecular formula is C27H21Cl2NO5. The molecule has 0 aliphatic carbocycles. The van der Waals surface area contributed by atoms with Crippen LogP contribution in [0.1, 0.15) is 21.5 Å². The van der Waals surface area contributed by atoms with E-state index in [-0.39, 0.29) is 16.5 Å². The molecule has 0 fully saturated rings. The van der Waals surface area contributed by atoms with Crippen molar-refractivity contribution in [2.75, 3.05) is 26.2 Å². The number of methoxy groups -OCH3 is 3. The average Bonchev–Trinajstić information content (AvgIpc) is 3.19. The lowest BCUT2D eigenvalue weighted by molar-refractivity contribution is -0.113. The summed E-state index contributed by atoms with van der Waals surface area (Å²) in [5, 5.41) is 0.756. The van der Waals surface area contributed by atoms with Crippen LogP contribution in [0.4, 0.5) is 5.69 Å². The highest BCUT2D eigenvalue weighted by molar-refractivity contribution is 6.34. The first kappa shape index (κ1) is 24.4. The van der Waals surface area contributed by atoms with Gasteiger partial charge in [0.1, 0.15) is 0 Å². The van der Waals surface area contributed by atoms with Gasteiger partial charge in [-0.3, -0.25) is 9.69 Å². The SMILES string of the molecule is COC(=O)c1ccc(N2C(=O)/C(=C/c3ccc(OC)c(OC)c3)C=C2c2ccc(Cl)cc2)cc1Cl. The van der Waals surface area contributed by atoms with Gasteiger partial charge in [0.25, 0.3) is 5.91 Å². The van der Waals surface area contributed by atoms with Gasteiger partial charge in [-0.15, -0.1) is 0 Å². The van der Waals surface area contributed by atoms with Gasteiger partial charge in [-0.05, 0) is 65.7 Å². The van der Waals surface area contributed by atoms with Crippen LogP contribution >= 0.6 is 23.2 Å². The second kappa shape index (κ2) is 10.3. The van der Waals surface area contributed by atoms with Crippen LogP contribution < -0.4 is 14.4 Å². The summed E-state index contributed by atoms with van der Waals surface area (Å²) in [6.45, 7) is 0. The van der Waals surface area contributed by atoms with Gasteiger partial charge < -0.3 is 14.2 Å². The Balaban J connectivity index is 1.81. The summed E-state index contributed by atoms with van der Waals surface area (Å²) >= 11 is 12.4. The van der Waals surface area contributed by atoms with Gasteiger partial charge in [-0.25, -0.2) is 4.79 Å². The fraction of sp³-hybridized carbons (Fsp3) is 0.111. The van der Waals surface area contributed by atoms with Crippen LogP contribution in [0.25, 0.3) is 11.8 Å². The number of hydrogen-bond acceptors (Lipinski definition) is 5. The molecule has 1 amide bonds. The molecule has 6 nitrogen and oxygen atoms in total. The van der Waals surface area contributed by atoms with Crippen molar-refractivity contribution in [3.05, 3.63) is 99.0 Å². The molecule has 3 aromatic rings. The summed E-state index contributed by atoms with van der Waals surface area (Å²) in [6, 6.07) is 17.3. The summed E-state index contributed by atoms with van der Waals surface area (Å²) in [5.74, 6) is 0.325. The maximum Gasteiger partial charge on any atom is 0.339 e. The molecule has 1 aliphatic rings. The molecule has 1 aliphatic heterocycles. The molecule has 0 N–H and O–H groups in total. The zero-order valence-electron chi connectivity index (χ0n) is 19.2. The Morgan fingerprint density at radius 3 is 2.23 bits per heavy atom. The van der Waals surface area contributed by atoms with Gasteiger partial charge in [0.2, 0.25) is 0 Å². The summed E-state index contributed by atoms with van der Waals surface area (Å²) in [7, 11) is 4.40. The predicted octanol–water partition coefficient (Wildman–Crippen LogP) is 6.27. The molecule has 0 radical (unpaired) electrons. The first-order valence-corrected chi connectivity index (χ1v) is 11.3. The maximum atomic E-state index is 13.6. The number of amides is 1. The van der Waals surface area contributed by atoms with E-state index in [1.54, 1.807) is 67.7 Å². The minimum absolute atomic E-state index is 0.176. The standard InChI is InChI=1S/C27H21Cl2NO5/c1-33-24-11-4-16(13-25(24)34-2)12-18-14-23(17-5-7-19(28)8-6-17)30(26(18)31)20-9-10-21(22(29)15-20)27(32)35-3/h4-15H,1-3H3/b18-12+. The first-order chi connectivity index (χ1) is 16.9. The van der Waals surface area contributed by atoms with E-state index in [2.05, 4.69) is 0 Å². The van der Waals surface area contributed by atoms with Gasteiger partial charge in [-0.1, -0.05) is 41.4 Å². The largest absolute Gasteiger partial charge is 0.493 e. The Bertz CT molecular complexity index is 1360. The van der Waals surface area contributed by atoms with E-state index in [4.69, 9.17) is 37.4 Å². The maximum absolute atomic E-state index is 13.6. The normalized spacial score (nSPS) is 14.2. The number of ether oxygens (including phenoxy) is 3. The number of hydrogen-bond donors (Lipinski definition) is 0. The van der Waals surface area contributed by atoms with E-state index in [1.165, 1.54) is 13.2 Å². The summed E-state index contributed by atoms with van der Waals surface area (Å²) in [4.78, 5) is 27.1. The number of esters is 1. The summed E-state index contributed by atoms with van der Waals surface area (Å²) < 4.78 is 15.4. The molecular weight excluding hydrogens is 489 g/mol. The minimum Gasteiger partial charge on any atom is -0.493 e. The zero-order chi connectivity index (χ0) is 25.1. The second-order valence-electron chi connectivity index (χ2n) is 7.55. The number of rotatable bonds is 6. The van der Waals surface area contributed by atoms with Crippen molar-refractivity contribution in [1.82, 2.24) is 0 Å². The molecule has 0 unspecified atom stereocenters. The number of benzene rings is 3. The van der Waals surface area contributed by atoms with Crippen LogP contribution in [-0.2, 0) is 9.53 Å². The highest BCUT2D eigenvalue weighted by atomic mass is 35.5. The van der Waals surface area contributed by atoms with E-state index in [0.717, 1.165) is 11.1 Å². The molecule has 0 aromatic heterocycles. The molecule has 0 atom stereocenters. The predicted molar refractivity (Wildman–Crippen MR) is 137 cm³/mol. The number of carbonyl (C=O) groups excluding carboxylic acids is 2. The van der Waals surface area contributed by atoms with Crippen LogP contribution in [-0.4, -0.2) is 33.2 Å². The Morgan fingerprint density at radius 1 is 0.886 bits per heavy atom. The molecule has 8 heteroatoms. The first-order valence-electron chi connectivity index (χ1n) is 10.5.